The predicted molar refractivity (Wildman–Crippen MR) is 69.4 cm³/mol. The second kappa shape index (κ2) is 4.64. The maximum atomic E-state index is 12.1. The van der Waals surface area contributed by atoms with Crippen molar-refractivity contribution >= 4 is 16.9 Å². The Morgan fingerprint density at radius 2 is 1.94 bits per heavy atom. The highest BCUT2D eigenvalue weighted by Crippen LogP contribution is 2.15. The molecule has 0 N–H and O–H groups in total. The lowest BCUT2D eigenvalue weighted by Crippen LogP contribution is -2.18. The molecule has 2 aromatic rings. The normalized spacial score (nSPS) is 10.6. The van der Waals surface area contributed by atoms with Gasteiger partial charge >= 0.3 is 5.97 Å². The summed E-state index contributed by atoms with van der Waals surface area (Å²) in [5.74, 6) is -0.338. The SMILES string of the molecule is CC(=O)OCn1c(C)c(C)c(=O)c2ccccc21. The fourth-order valence-corrected chi connectivity index (χ4v) is 1.97. The van der Waals surface area contributed by atoms with Crippen molar-refractivity contribution in [3.05, 3.63) is 45.7 Å². The number of fused-ring (bicyclic) bond motifs is 1. The molecule has 0 aliphatic rings. The molecule has 0 aliphatic heterocycles. The molecule has 0 unspecified atom stereocenters. The van der Waals surface area contributed by atoms with E-state index in [2.05, 4.69) is 0 Å². The number of hydrogen-bond acceptors (Lipinski definition) is 3. The van der Waals surface area contributed by atoms with Gasteiger partial charge in [0.1, 0.15) is 0 Å². The molecule has 1 aromatic heterocycles. The minimum atomic E-state index is -0.338. The second-order valence-corrected chi connectivity index (χ2v) is 4.25. The number of aromatic nitrogens is 1. The van der Waals surface area contributed by atoms with E-state index in [1.165, 1.54) is 6.92 Å². The summed E-state index contributed by atoms with van der Waals surface area (Å²) in [6.07, 6.45) is 0. The van der Waals surface area contributed by atoms with Crippen molar-refractivity contribution in [1.82, 2.24) is 4.57 Å². The molecule has 0 bridgehead atoms. The van der Waals surface area contributed by atoms with Crippen molar-refractivity contribution in [3.63, 3.8) is 0 Å². The average molecular weight is 245 g/mol. The van der Waals surface area contributed by atoms with Crippen LogP contribution in [0.4, 0.5) is 0 Å². The molecule has 94 valence electrons. The monoisotopic (exact) mass is 245 g/mol. The van der Waals surface area contributed by atoms with Gasteiger partial charge in [-0.2, -0.15) is 0 Å². The Kier molecular flexibility index (Phi) is 3.19. The highest BCUT2D eigenvalue weighted by molar-refractivity contribution is 5.80. The van der Waals surface area contributed by atoms with Crippen molar-refractivity contribution in [2.24, 2.45) is 0 Å². The van der Waals surface area contributed by atoms with Gasteiger partial charge in [-0.25, -0.2) is 0 Å². The van der Waals surface area contributed by atoms with Crippen LogP contribution in [0.2, 0.25) is 0 Å². The molecule has 4 heteroatoms. The lowest BCUT2D eigenvalue weighted by molar-refractivity contribution is -0.144. The maximum absolute atomic E-state index is 12.1. The van der Waals surface area contributed by atoms with Crippen LogP contribution in [0.1, 0.15) is 18.2 Å². The number of para-hydroxylation sites is 1. The molecule has 0 spiro atoms. The number of pyridine rings is 1. The number of carbonyl (C=O) groups is 1. The number of benzene rings is 1. The fourth-order valence-electron chi connectivity index (χ4n) is 1.97. The van der Waals surface area contributed by atoms with E-state index in [9.17, 15) is 9.59 Å². The molecule has 18 heavy (non-hydrogen) atoms. The van der Waals surface area contributed by atoms with E-state index in [0.29, 0.717) is 10.9 Å². The summed E-state index contributed by atoms with van der Waals surface area (Å²) >= 11 is 0. The van der Waals surface area contributed by atoms with Crippen LogP contribution >= 0.6 is 0 Å². The third kappa shape index (κ3) is 2.01. The molecule has 0 fully saturated rings. The van der Waals surface area contributed by atoms with Gasteiger partial charge in [0.15, 0.2) is 12.2 Å². The van der Waals surface area contributed by atoms with Crippen LogP contribution in [0.25, 0.3) is 10.9 Å². The summed E-state index contributed by atoms with van der Waals surface area (Å²) in [4.78, 5) is 23.0. The van der Waals surface area contributed by atoms with Crippen LogP contribution in [0.15, 0.2) is 29.1 Å². The number of ether oxygens (including phenoxy) is 1. The van der Waals surface area contributed by atoms with Crippen molar-refractivity contribution in [3.8, 4) is 0 Å². The number of carbonyl (C=O) groups excluding carboxylic acids is 1. The predicted octanol–water partition coefficient (Wildman–Crippen LogP) is 2.14. The summed E-state index contributed by atoms with van der Waals surface area (Å²) in [7, 11) is 0. The van der Waals surface area contributed by atoms with Gasteiger partial charge in [0.05, 0.1) is 5.52 Å². The molecule has 0 saturated carbocycles. The molecule has 2 rings (SSSR count). The summed E-state index contributed by atoms with van der Waals surface area (Å²) in [6.45, 7) is 5.14. The van der Waals surface area contributed by atoms with E-state index in [0.717, 1.165) is 11.2 Å². The smallest absolute Gasteiger partial charge is 0.304 e. The van der Waals surface area contributed by atoms with Crippen LogP contribution in [0.5, 0.6) is 0 Å². The maximum Gasteiger partial charge on any atom is 0.304 e. The first kappa shape index (κ1) is 12.4. The molecule has 0 aliphatic carbocycles. The molecule has 0 atom stereocenters. The Labute approximate surface area is 105 Å². The van der Waals surface area contributed by atoms with Gasteiger partial charge in [-0.3, -0.25) is 9.59 Å². The standard InChI is InChI=1S/C14H15NO3/c1-9-10(2)15(8-18-11(3)16)13-7-5-4-6-12(13)14(9)17/h4-7H,8H2,1-3H3. The molecule has 0 radical (unpaired) electrons. The summed E-state index contributed by atoms with van der Waals surface area (Å²) < 4.78 is 6.87. The zero-order chi connectivity index (χ0) is 13.3. The first-order chi connectivity index (χ1) is 8.52. The van der Waals surface area contributed by atoms with Crippen LogP contribution in [-0.2, 0) is 16.3 Å². The minimum absolute atomic E-state index is 0.0298. The molecule has 0 amide bonds. The Morgan fingerprint density at radius 1 is 1.28 bits per heavy atom. The largest absolute Gasteiger partial charge is 0.444 e. The number of nitrogens with zero attached hydrogens (tertiary/aromatic N) is 1. The third-order valence-corrected chi connectivity index (χ3v) is 3.12. The summed E-state index contributed by atoms with van der Waals surface area (Å²) in [5.41, 5.74) is 2.31. The lowest BCUT2D eigenvalue weighted by atomic mass is 10.1. The van der Waals surface area contributed by atoms with E-state index in [1.54, 1.807) is 13.0 Å². The second-order valence-electron chi connectivity index (χ2n) is 4.25. The van der Waals surface area contributed by atoms with Crippen LogP contribution in [0.3, 0.4) is 0 Å². The Bertz CT molecular complexity index is 671. The van der Waals surface area contributed by atoms with Crippen molar-refractivity contribution in [2.45, 2.75) is 27.5 Å². The highest BCUT2D eigenvalue weighted by Gasteiger charge is 2.10. The van der Waals surface area contributed by atoms with Crippen molar-refractivity contribution in [1.29, 1.82) is 0 Å². The minimum Gasteiger partial charge on any atom is -0.444 e. The van der Waals surface area contributed by atoms with Gasteiger partial charge in [-0.15, -0.1) is 0 Å². The fraction of sp³-hybridized carbons (Fsp3) is 0.286. The van der Waals surface area contributed by atoms with Gasteiger partial charge in [-0.1, -0.05) is 12.1 Å². The van der Waals surface area contributed by atoms with Crippen LogP contribution in [-0.4, -0.2) is 10.5 Å². The Balaban J connectivity index is 2.70. The van der Waals surface area contributed by atoms with Gasteiger partial charge in [-0.05, 0) is 26.0 Å². The number of rotatable bonds is 2. The first-order valence-corrected chi connectivity index (χ1v) is 5.74. The first-order valence-electron chi connectivity index (χ1n) is 5.74. The molecule has 1 heterocycles. The molecular formula is C14H15NO3. The zero-order valence-corrected chi connectivity index (χ0v) is 10.7. The Hall–Kier alpha value is -2.10. The average Bonchev–Trinajstić information content (AvgIpc) is 2.36. The summed E-state index contributed by atoms with van der Waals surface area (Å²) in [6, 6.07) is 7.33. The van der Waals surface area contributed by atoms with Gasteiger partial charge in [0, 0.05) is 23.6 Å². The van der Waals surface area contributed by atoms with Crippen molar-refractivity contribution in [2.75, 3.05) is 0 Å². The van der Waals surface area contributed by atoms with Gasteiger partial charge < -0.3 is 9.30 Å². The third-order valence-electron chi connectivity index (χ3n) is 3.12. The topological polar surface area (TPSA) is 48.3 Å². The van der Waals surface area contributed by atoms with E-state index >= 15 is 0 Å². The van der Waals surface area contributed by atoms with Crippen molar-refractivity contribution < 1.29 is 9.53 Å². The number of esters is 1. The Morgan fingerprint density at radius 3 is 2.61 bits per heavy atom. The van der Waals surface area contributed by atoms with Gasteiger partial charge in [0.2, 0.25) is 0 Å². The van der Waals surface area contributed by atoms with E-state index in [4.69, 9.17) is 4.74 Å². The van der Waals surface area contributed by atoms with Crippen LogP contribution in [0, 0.1) is 13.8 Å². The molecular weight excluding hydrogens is 230 g/mol. The molecule has 4 nitrogen and oxygen atoms in total. The highest BCUT2D eigenvalue weighted by atomic mass is 16.5. The van der Waals surface area contributed by atoms with E-state index in [1.807, 2.05) is 29.7 Å². The molecule has 1 aromatic carbocycles. The van der Waals surface area contributed by atoms with Gasteiger partial charge in [0.25, 0.3) is 0 Å². The lowest BCUT2D eigenvalue weighted by Gasteiger charge is -2.16. The zero-order valence-electron chi connectivity index (χ0n) is 10.7. The van der Waals surface area contributed by atoms with E-state index < -0.39 is 0 Å². The van der Waals surface area contributed by atoms with E-state index in [-0.39, 0.29) is 18.1 Å². The van der Waals surface area contributed by atoms with Crippen LogP contribution < -0.4 is 5.43 Å². The quantitative estimate of drug-likeness (QED) is 0.761. The molecule has 0 saturated heterocycles. The summed E-state index contributed by atoms with van der Waals surface area (Å²) in [5, 5.41) is 0.646. The number of hydrogen-bond donors (Lipinski definition) is 0.